The van der Waals surface area contributed by atoms with Gasteiger partial charge in [-0.15, -0.1) is 0 Å². The summed E-state index contributed by atoms with van der Waals surface area (Å²) in [5.74, 6) is -0.503. The van der Waals surface area contributed by atoms with Crippen molar-refractivity contribution in [3.05, 3.63) is 96.6 Å². The SMILES string of the molecule is CC(C)(C)[Si](OCCCC[C@@H](OC(=O)c1ccccc1)[C@@H](O)CO)(c1ccccc1)c1ccccc1. The molecule has 36 heavy (non-hydrogen) atoms. The van der Waals surface area contributed by atoms with Crippen LogP contribution in [0.2, 0.25) is 5.04 Å². The Morgan fingerprint density at radius 3 is 1.81 bits per heavy atom. The predicted octanol–water partition coefficient (Wildman–Crippen LogP) is 4.31. The first-order valence-corrected chi connectivity index (χ1v) is 14.5. The van der Waals surface area contributed by atoms with Gasteiger partial charge in [0.1, 0.15) is 12.2 Å². The second-order valence-corrected chi connectivity index (χ2v) is 14.4. The quantitative estimate of drug-likeness (QED) is 0.217. The molecular weight excluding hydrogens is 468 g/mol. The lowest BCUT2D eigenvalue weighted by Gasteiger charge is -2.43. The second-order valence-electron chi connectivity index (χ2n) is 10.1. The second kappa shape index (κ2) is 13.0. The summed E-state index contributed by atoms with van der Waals surface area (Å²) in [6, 6.07) is 29.7. The van der Waals surface area contributed by atoms with Crippen molar-refractivity contribution in [2.75, 3.05) is 13.2 Å². The molecular formula is C30H38O5Si. The van der Waals surface area contributed by atoms with E-state index in [0.717, 1.165) is 6.42 Å². The number of aliphatic hydroxyl groups is 2. The molecule has 192 valence electrons. The number of aliphatic hydroxyl groups excluding tert-OH is 2. The molecule has 0 aliphatic carbocycles. The molecule has 0 aliphatic heterocycles. The predicted molar refractivity (Wildman–Crippen MR) is 146 cm³/mol. The largest absolute Gasteiger partial charge is 0.456 e. The molecule has 0 saturated heterocycles. The maximum absolute atomic E-state index is 12.5. The van der Waals surface area contributed by atoms with Crippen LogP contribution in [0.5, 0.6) is 0 Å². The van der Waals surface area contributed by atoms with Crippen molar-refractivity contribution in [3.63, 3.8) is 0 Å². The molecule has 2 atom stereocenters. The number of carbonyl (C=O) groups is 1. The number of rotatable bonds is 12. The fourth-order valence-corrected chi connectivity index (χ4v) is 9.27. The molecule has 0 saturated carbocycles. The van der Waals surface area contributed by atoms with Gasteiger partial charge in [0, 0.05) is 6.61 Å². The minimum atomic E-state index is -2.60. The van der Waals surface area contributed by atoms with E-state index in [-0.39, 0.29) is 5.04 Å². The Morgan fingerprint density at radius 2 is 1.33 bits per heavy atom. The molecule has 0 spiro atoms. The lowest BCUT2D eigenvalue weighted by Crippen LogP contribution is -2.66. The number of esters is 1. The first-order chi connectivity index (χ1) is 17.3. The lowest BCUT2D eigenvalue weighted by atomic mass is 10.1. The highest BCUT2D eigenvalue weighted by Gasteiger charge is 2.49. The van der Waals surface area contributed by atoms with Crippen molar-refractivity contribution in [1.82, 2.24) is 0 Å². The van der Waals surface area contributed by atoms with Gasteiger partial charge in [-0.1, -0.05) is 99.6 Å². The summed E-state index contributed by atoms with van der Waals surface area (Å²) in [4.78, 5) is 12.5. The Kier molecular flexibility index (Phi) is 10.0. The highest BCUT2D eigenvalue weighted by Crippen LogP contribution is 2.36. The van der Waals surface area contributed by atoms with E-state index < -0.39 is 33.1 Å². The molecule has 0 aromatic heterocycles. The molecule has 0 radical (unpaired) electrons. The van der Waals surface area contributed by atoms with Crippen LogP contribution in [-0.4, -0.2) is 49.9 Å². The van der Waals surface area contributed by atoms with E-state index in [0.29, 0.717) is 25.0 Å². The molecule has 0 heterocycles. The van der Waals surface area contributed by atoms with Gasteiger partial charge in [0.25, 0.3) is 8.32 Å². The minimum Gasteiger partial charge on any atom is -0.456 e. The fraction of sp³-hybridized carbons (Fsp3) is 0.367. The first-order valence-electron chi connectivity index (χ1n) is 12.6. The van der Waals surface area contributed by atoms with E-state index in [1.165, 1.54) is 10.4 Å². The summed E-state index contributed by atoms with van der Waals surface area (Å²) in [6.45, 7) is 6.81. The van der Waals surface area contributed by atoms with E-state index >= 15 is 0 Å². The zero-order valence-electron chi connectivity index (χ0n) is 21.5. The lowest BCUT2D eigenvalue weighted by molar-refractivity contribution is -0.0409. The first kappa shape index (κ1) is 27.8. The third-order valence-electron chi connectivity index (χ3n) is 6.50. The smallest absolute Gasteiger partial charge is 0.338 e. The molecule has 3 aromatic carbocycles. The van der Waals surface area contributed by atoms with Crippen LogP contribution in [0, 0.1) is 0 Å². The van der Waals surface area contributed by atoms with E-state index in [1.54, 1.807) is 24.3 Å². The van der Waals surface area contributed by atoms with Crippen LogP contribution in [-0.2, 0) is 9.16 Å². The van der Waals surface area contributed by atoms with Crippen molar-refractivity contribution in [1.29, 1.82) is 0 Å². The average Bonchev–Trinajstić information content (AvgIpc) is 2.90. The molecule has 0 amide bonds. The van der Waals surface area contributed by atoms with E-state index in [4.69, 9.17) is 9.16 Å². The van der Waals surface area contributed by atoms with Crippen LogP contribution >= 0.6 is 0 Å². The molecule has 5 nitrogen and oxygen atoms in total. The van der Waals surface area contributed by atoms with Gasteiger partial charge in [-0.3, -0.25) is 0 Å². The van der Waals surface area contributed by atoms with Crippen LogP contribution in [0.3, 0.4) is 0 Å². The maximum atomic E-state index is 12.5. The third kappa shape index (κ3) is 6.71. The average molecular weight is 507 g/mol. The Hall–Kier alpha value is -2.77. The molecule has 6 heteroatoms. The molecule has 3 rings (SSSR count). The number of hydrogen-bond donors (Lipinski definition) is 2. The molecule has 3 aromatic rings. The standard InChI is InChI=1S/C30H38O5Si/c1-30(2,3)36(25-17-9-5-10-18-25,26-19-11-6-12-20-26)34-22-14-13-21-28(27(32)23-31)35-29(33)24-15-7-4-8-16-24/h4-12,15-20,27-28,31-32H,13-14,21-23H2,1-3H3/t27-,28+/m0/s1. The Labute approximate surface area is 215 Å². The van der Waals surface area contributed by atoms with Crippen molar-refractivity contribution < 1.29 is 24.2 Å². The topological polar surface area (TPSA) is 76.0 Å². The van der Waals surface area contributed by atoms with E-state index in [9.17, 15) is 15.0 Å². The normalized spacial score (nSPS) is 13.7. The Balaban J connectivity index is 1.69. The van der Waals surface area contributed by atoms with Crippen LogP contribution in [0.4, 0.5) is 0 Å². The molecule has 0 fully saturated rings. The van der Waals surface area contributed by atoms with Gasteiger partial charge >= 0.3 is 5.97 Å². The minimum absolute atomic E-state index is 0.101. The molecule has 0 aliphatic rings. The number of ether oxygens (including phenoxy) is 1. The summed E-state index contributed by atoms with van der Waals surface area (Å²) in [6.07, 6.45) is -0.0557. The number of unbranched alkanes of at least 4 members (excludes halogenated alkanes) is 1. The zero-order valence-corrected chi connectivity index (χ0v) is 22.5. The van der Waals surface area contributed by atoms with Gasteiger partial charge in [0.15, 0.2) is 0 Å². The van der Waals surface area contributed by atoms with Crippen LogP contribution in [0.25, 0.3) is 0 Å². The van der Waals surface area contributed by atoms with Gasteiger partial charge in [0.2, 0.25) is 0 Å². The maximum Gasteiger partial charge on any atom is 0.338 e. The van der Waals surface area contributed by atoms with E-state index in [2.05, 4.69) is 69.3 Å². The van der Waals surface area contributed by atoms with E-state index in [1.807, 2.05) is 18.2 Å². The van der Waals surface area contributed by atoms with Crippen LogP contribution in [0.15, 0.2) is 91.0 Å². The zero-order chi connectivity index (χ0) is 26.0. The molecule has 2 N–H and O–H groups in total. The summed E-state index contributed by atoms with van der Waals surface area (Å²) in [7, 11) is -2.60. The summed E-state index contributed by atoms with van der Waals surface area (Å²) in [5, 5.41) is 22.1. The molecule has 0 bridgehead atoms. The monoisotopic (exact) mass is 506 g/mol. The van der Waals surface area contributed by atoms with Gasteiger partial charge in [-0.2, -0.15) is 0 Å². The van der Waals surface area contributed by atoms with Crippen molar-refractivity contribution in [2.45, 2.75) is 57.3 Å². The van der Waals surface area contributed by atoms with Crippen molar-refractivity contribution >= 4 is 24.7 Å². The summed E-state index contributed by atoms with van der Waals surface area (Å²) in [5.41, 5.74) is 0.419. The Bertz CT molecular complexity index is 1010. The summed E-state index contributed by atoms with van der Waals surface area (Å²) >= 11 is 0. The van der Waals surface area contributed by atoms with Gasteiger partial charge in [0.05, 0.1) is 12.2 Å². The highest BCUT2D eigenvalue weighted by atomic mass is 28.4. The van der Waals surface area contributed by atoms with Crippen molar-refractivity contribution in [3.8, 4) is 0 Å². The summed E-state index contributed by atoms with van der Waals surface area (Å²) < 4.78 is 12.5. The number of benzene rings is 3. The number of hydrogen-bond acceptors (Lipinski definition) is 5. The number of carbonyl (C=O) groups excluding carboxylic acids is 1. The van der Waals surface area contributed by atoms with Crippen LogP contribution < -0.4 is 10.4 Å². The van der Waals surface area contributed by atoms with Gasteiger partial charge in [-0.05, 0) is 46.8 Å². The molecule has 0 unspecified atom stereocenters. The third-order valence-corrected chi connectivity index (χ3v) is 11.5. The highest BCUT2D eigenvalue weighted by molar-refractivity contribution is 6.99. The fourth-order valence-electron chi connectivity index (χ4n) is 4.66. The Morgan fingerprint density at radius 1 is 0.833 bits per heavy atom. The van der Waals surface area contributed by atoms with Gasteiger partial charge in [-0.25, -0.2) is 4.79 Å². The van der Waals surface area contributed by atoms with Crippen LogP contribution in [0.1, 0.15) is 50.4 Å². The van der Waals surface area contributed by atoms with Crippen molar-refractivity contribution in [2.24, 2.45) is 0 Å². The van der Waals surface area contributed by atoms with Gasteiger partial charge < -0.3 is 19.4 Å².